The third kappa shape index (κ3) is 2.47. The Kier molecular flexibility index (Phi) is 3.32. The molecule has 2 aromatic rings. The van der Waals surface area contributed by atoms with Crippen molar-refractivity contribution in [2.45, 2.75) is 13.0 Å². The van der Waals surface area contributed by atoms with Gasteiger partial charge < -0.3 is 0 Å². The zero-order valence-electron chi connectivity index (χ0n) is 8.47. The standard InChI is InChI=1S/C11H9BrN4/c1-2-7-16-11(13-14-15-16)8-9-3-5-10(12)6-4-9/h1,3-6H,7-8H2. The number of tetrazole rings is 1. The maximum atomic E-state index is 5.23. The molecule has 1 aromatic heterocycles. The molecule has 0 saturated heterocycles. The monoisotopic (exact) mass is 276 g/mol. The molecule has 16 heavy (non-hydrogen) atoms. The van der Waals surface area contributed by atoms with Crippen molar-refractivity contribution < 1.29 is 0 Å². The highest BCUT2D eigenvalue weighted by molar-refractivity contribution is 9.10. The second-order valence-corrected chi connectivity index (χ2v) is 4.18. The predicted octanol–water partition coefficient (Wildman–Crippen LogP) is 1.66. The summed E-state index contributed by atoms with van der Waals surface area (Å²) in [4.78, 5) is 0. The molecule has 0 amide bonds. The first kappa shape index (κ1) is 10.8. The summed E-state index contributed by atoms with van der Waals surface area (Å²) in [5.74, 6) is 3.30. The minimum atomic E-state index is 0.402. The van der Waals surface area contributed by atoms with Crippen molar-refractivity contribution in [2.75, 3.05) is 0 Å². The van der Waals surface area contributed by atoms with Crippen molar-refractivity contribution in [1.82, 2.24) is 20.2 Å². The van der Waals surface area contributed by atoms with Crippen LogP contribution in [0.4, 0.5) is 0 Å². The van der Waals surface area contributed by atoms with Gasteiger partial charge in [0.1, 0.15) is 6.54 Å². The number of rotatable bonds is 3. The highest BCUT2D eigenvalue weighted by Gasteiger charge is 2.05. The molecule has 4 nitrogen and oxygen atoms in total. The van der Waals surface area contributed by atoms with Crippen molar-refractivity contribution in [3.05, 3.63) is 40.1 Å². The third-order valence-corrected chi connectivity index (χ3v) is 2.65. The van der Waals surface area contributed by atoms with Gasteiger partial charge in [-0.15, -0.1) is 11.5 Å². The molecule has 0 bridgehead atoms. The Bertz CT molecular complexity index is 510. The van der Waals surface area contributed by atoms with Crippen LogP contribution in [-0.2, 0) is 13.0 Å². The van der Waals surface area contributed by atoms with Gasteiger partial charge in [0.15, 0.2) is 5.82 Å². The Labute approximate surface area is 102 Å². The van der Waals surface area contributed by atoms with Gasteiger partial charge in [-0.05, 0) is 28.1 Å². The van der Waals surface area contributed by atoms with Gasteiger partial charge in [0.25, 0.3) is 0 Å². The summed E-state index contributed by atoms with van der Waals surface area (Å²) in [7, 11) is 0. The Hall–Kier alpha value is -1.67. The van der Waals surface area contributed by atoms with E-state index in [1.54, 1.807) is 4.68 Å². The second kappa shape index (κ2) is 4.90. The molecule has 0 spiro atoms. The molecule has 0 aliphatic heterocycles. The average molecular weight is 277 g/mol. The Morgan fingerprint density at radius 1 is 1.31 bits per heavy atom. The zero-order chi connectivity index (χ0) is 11.4. The molecule has 0 aliphatic carbocycles. The largest absolute Gasteiger partial charge is 0.217 e. The summed E-state index contributed by atoms with van der Waals surface area (Å²) in [6.45, 7) is 0.402. The fourth-order valence-corrected chi connectivity index (χ4v) is 1.61. The Morgan fingerprint density at radius 3 is 2.75 bits per heavy atom. The number of nitrogens with zero attached hydrogens (tertiary/aromatic N) is 4. The van der Waals surface area contributed by atoms with Gasteiger partial charge in [0, 0.05) is 10.9 Å². The molecule has 0 radical (unpaired) electrons. The molecule has 5 heteroatoms. The summed E-state index contributed by atoms with van der Waals surface area (Å²) in [6, 6.07) is 8.03. The maximum absolute atomic E-state index is 5.23. The molecule has 0 saturated carbocycles. The lowest BCUT2D eigenvalue weighted by Crippen LogP contribution is -2.05. The topological polar surface area (TPSA) is 43.6 Å². The van der Waals surface area contributed by atoms with Crippen molar-refractivity contribution in [2.24, 2.45) is 0 Å². The molecule has 2 rings (SSSR count). The van der Waals surface area contributed by atoms with Crippen LogP contribution in [-0.4, -0.2) is 20.2 Å². The molecule has 0 N–H and O–H groups in total. The predicted molar refractivity (Wildman–Crippen MR) is 63.6 cm³/mol. The lowest BCUT2D eigenvalue weighted by molar-refractivity contribution is 0.646. The van der Waals surface area contributed by atoms with Crippen LogP contribution in [0, 0.1) is 12.3 Å². The first-order valence-electron chi connectivity index (χ1n) is 4.72. The third-order valence-electron chi connectivity index (χ3n) is 2.12. The number of benzene rings is 1. The number of terminal acetylenes is 1. The number of hydrogen-bond acceptors (Lipinski definition) is 3. The van der Waals surface area contributed by atoms with E-state index in [9.17, 15) is 0 Å². The van der Waals surface area contributed by atoms with Crippen LogP contribution in [0.5, 0.6) is 0 Å². The van der Waals surface area contributed by atoms with Gasteiger partial charge in [-0.2, -0.15) is 0 Å². The van der Waals surface area contributed by atoms with Gasteiger partial charge in [-0.25, -0.2) is 4.68 Å². The quantitative estimate of drug-likeness (QED) is 0.801. The molecule has 0 aliphatic rings. The van der Waals surface area contributed by atoms with Gasteiger partial charge in [-0.3, -0.25) is 0 Å². The van der Waals surface area contributed by atoms with Crippen molar-refractivity contribution in [3.63, 3.8) is 0 Å². The van der Waals surface area contributed by atoms with E-state index in [1.165, 1.54) is 0 Å². The molecule has 0 unspecified atom stereocenters. The van der Waals surface area contributed by atoms with Crippen LogP contribution < -0.4 is 0 Å². The Morgan fingerprint density at radius 2 is 2.06 bits per heavy atom. The summed E-state index contributed by atoms with van der Waals surface area (Å²) < 4.78 is 2.68. The van der Waals surface area contributed by atoms with Crippen LogP contribution in [0.25, 0.3) is 0 Å². The summed E-state index contributed by atoms with van der Waals surface area (Å²) in [6.07, 6.45) is 5.91. The van der Waals surface area contributed by atoms with E-state index >= 15 is 0 Å². The average Bonchev–Trinajstić information content (AvgIpc) is 2.70. The molecule has 0 fully saturated rings. The SMILES string of the molecule is C#CCn1nnnc1Cc1ccc(Br)cc1. The summed E-state index contributed by atoms with van der Waals surface area (Å²) in [5.41, 5.74) is 1.15. The van der Waals surface area contributed by atoms with Crippen LogP contribution in [0.1, 0.15) is 11.4 Å². The second-order valence-electron chi connectivity index (χ2n) is 3.26. The van der Waals surface area contributed by atoms with E-state index in [4.69, 9.17) is 6.42 Å². The van der Waals surface area contributed by atoms with Crippen LogP contribution in [0.15, 0.2) is 28.7 Å². The summed E-state index contributed by atoms with van der Waals surface area (Å²) in [5, 5.41) is 11.4. The van der Waals surface area contributed by atoms with Gasteiger partial charge in [0.2, 0.25) is 0 Å². The zero-order valence-corrected chi connectivity index (χ0v) is 10.1. The van der Waals surface area contributed by atoms with E-state index in [-0.39, 0.29) is 0 Å². The van der Waals surface area contributed by atoms with E-state index in [1.807, 2.05) is 24.3 Å². The lowest BCUT2D eigenvalue weighted by Gasteiger charge is -2.01. The molecule has 80 valence electrons. The molecular formula is C11H9BrN4. The van der Waals surface area contributed by atoms with Crippen LogP contribution >= 0.6 is 15.9 Å². The number of aromatic nitrogens is 4. The van der Waals surface area contributed by atoms with E-state index in [0.717, 1.165) is 15.9 Å². The molecular weight excluding hydrogens is 268 g/mol. The Balaban J connectivity index is 2.17. The van der Waals surface area contributed by atoms with E-state index < -0.39 is 0 Å². The first-order chi connectivity index (χ1) is 7.79. The van der Waals surface area contributed by atoms with Crippen LogP contribution in [0.2, 0.25) is 0 Å². The normalized spacial score (nSPS) is 10.0. The van der Waals surface area contributed by atoms with E-state index in [0.29, 0.717) is 13.0 Å². The highest BCUT2D eigenvalue weighted by atomic mass is 79.9. The maximum Gasteiger partial charge on any atom is 0.156 e. The molecule has 0 atom stereocenters. The first-order valence-corrected chi connectivity index (χ1v) is 5.52. The van der Waals surface area contributed by atoms with Gasteiger partial charge in [0.05, 0.1) is 0 Å². The molecule has 1 heterocycles. The van der Waals surface area contributed by atoms with Crippen LogP contribution in [0.3, 0.4) is 0 Å². The summed E-state index contributed by atoms with van der Waals surface area (Å²) >= 11 is 3.39. The van der Waals surface area contributed by atoms with Crippen molar-refractivity contribution >= 4 is 15.9 Å². The fourth-order valence-electron chi connectivity index (χ4n) is 1.34. The number of halogens is 1. The van der Waals surface area contributed by atoms with Crippen molar-refractivity contribution in [3.8, 4) is 12.3 Å². The smallest absolute Gasteiger partial charge is 0.156 e. The number of hydrogen-bond donors (Lipinski definition) is 0. The minimum Gasteiger partial charge on any atom is -0.217 e. The van der Waals surface area contributed by atoms with Crippen molar-refractivity contribution in [1.29, 1.82) is 0 Å². The lowest BCUT2D eigenvalue weighted by atomic mass is 10.1. The highest BCUT2D eigenvalue weighted by Crippen LogP contribution is 2.12. The minimum absolute atomic E-state index is 0.402. The fraction of sp³-hybridized carbons (Fsp3) is 0.182. The van der Waals surface area contributed by atoms with E-state index in [2.05, 4.69) is 37.4 Å². The molecule has 1 aromatic carbocycles. The van der Waals surface area contributed by atoms with Gasteiger partial charge >= 0.3 is 0 Å². The van der Waals surface area contributed by atoms with Gasteiger partial charge in [-0.1, -0.05) is 34.0 Å².